The number of rotatable bonds is 9. The van der Waals surface area contributed by atoms with Crippen molar-refractivity contribution in [3.05, 3.63) is 53.6 Å². The van der Waals surface area contributed by atoms with Crippen molar-refractivity contribution in [3.63, 3.8) is 0 Å². The molecular formula is C25H31N3O4S. The van der Waals surface area contributed by atoms with Crippen molar-refractivity contribution in [2.24, 2.45) is 11.0 Å². The number of nitrogens with zero attached hydrogens (tertiary/aromatic N) is 2. The summed E-state index contributed by atoms with van der Waals surface area (Å²) in [6.07, 6.45) is 1.45. The van der Waals surface area contributed by atoms with E-state index >= 15 is 0 Å². The monoisotopic (exact) mass is 469 g/mol. The second-order valence-electron chi connectivity index (χ2n) is 8.05. The number of carbonyl (C=O) groups is 2. The third-order valence-electron chi connectivity index (χ3n) is 5.40. The summed E-state index contributed by atoms with van der Waals surface area (Å²) < 4.78 is 10.8. The first-order valence-electron chi connectivity index (χ1n) is 11.0. The molecule has 7 nitrogen and oxygen atoms in total. The van der Waals surface area contributed by atoms with Gasteiger partial charge in [0, 0.05) is 23.7 Å². The molecule has 176 valence electrons. The fourth-order valence-corrected chi connectivity index (χ4v) is 4.37. The maximum Gasteiger partial charge on any atom is 0.302 e. The molecule has 0 saturated heterocycles. The second-order valence-corrected chi connectivity index (χ2v) is 9.20. The van der Waals surface area contributed by atoms with Crippen molar-refractivity contribution in [2.75, 3.05) is 26.1 Å². The molecule has 1 aliphatic heterocycles. The molecule has 0 bridgehead atoms. The summed E-state index contributed by atoms with van der Waals surface area (Å²) in [6.45, 7) is 6.24. The average Bonchev–Trinajstić information content (AvgIpc) is 2.83. The van der Waals surface area contributed by atoms with Gasteiger partial charge in [0.15, 0.2) is 11.5 Å². The molecule has 1 aliphatic rings. The molecule has 0 fully saturated rings. The molecule has 2 aromatic carbocycles. The average molecular weight is 470 g/mol. The van der Waals surface area contributed by atoms with Gasteiger partial charge < -0.3 is 14.8 Å². The zero-order valence-electron chi connectivity index (χ0n) is 19.8. The van der Waals surface area contributed by atoms with E-state index in [-0.39, 0.29) is 22.3 Å². The Kier molecular flexibility index (Phi) is 8.38. The van der Waals surface area contributed by atoms with Gasteiger partial charge in [0.05, 0.1) is 25.2 Å². The summed E-state index contributed by atoms with van der Waals surface area (Å²) in [4.78, 5) is 24.6. The zero-order valence-corrected chi connectivity index (χ0v) is 20.6. The van der Waals surface area contributed by atoms with E-state index in [9.17, 15) is 9.59 Å². The quantitative estimate of drug-likeness (QED) is 0.546. The number of ether oxygens (including phenoxy) is 2. The lowest BCUT2D eigenvalue weighted by Gasteiger charge is -2.28. The first-order valence-corrected chi connectivity index (χ1v) is 11.9. The van der Waals surface area contributed by atoms with E-state index in [1.807, 2.05) is 56.3 Å². The van der Waals surface area contributed by atoms with Crippen molar-refractivity contribution < 1.29 is 19.1 Å². The molecule has 33 heavy (non-hydrogen) atoms. The molecule has 8 heteroatoms. The Bertz CT molecular complexity index is 1020. The summed E-state index contributed by atoms with van der Waals surface area (Å²) >= 11 is 1.30. The van der Waals surface area contributed by atoms with Gasteiger partial charge in [-0.25, -0.2) is 5.01 Å². The highest BCUT2D eigenvalue weighted by atomic mass is 32.2. The Labute approximate surface area is 199 Å². The smallest absolute Gasteiger partial charge is 0.302 e. The van der Waals surface area contributed by atoms with Crippen LogP contribution in [-0.4, -0.2) is 47.9 Å². The highest BCUT2D eigenvalue weighted by Gasteiger charge is 2.30. The van der Waals surface area contributed by atoms with E-state index in [0.717, 1.165) is 28.9 Å². The number of methoxy groups -OCH3 is 2. The van der Waals surface area contributed by atoms with E-state index in [0.29, 0.717) is 24.5 Å². The van der Waals surface area contributed by atoms with E-state index in [1.54, 1.807) is 14.2 Å². The first-order chi connectivity index (χ1) is 15.9. The van der Waals surface area contributed by atoms with Gasteiger partial charge in [0.2, 0.25) is 5.91 Å². The summed E-state index contributed by atoms with van der Waals surface area (Å²) in [6, 6.07) is 13.4. The van der Waals surface area contributed by atoms with Crippen LogP contribution in [0.5, 0.6) is 11.5 Å². The molecule has 0 spiro atoms. The Morgan fingerprint density at radius 2 is 1.82 bits per heavy atom. The minimum absolute atomic E-state index is 0.0128. The standard InChI is InChI=1S/C25H31N3O4S/c1-6-22-23(18-9-12-20(31-4)21(15-18)32-5)27-28(25(30)33-22)14-13-17-7-10-19(11-8-17)26-24(29)16(2)3/h7-12,15-16,22H,6,13-14H2,1-5H3,(H,26,29). The van der Waals surface area contributed by atoms with E-state index in [4.69, 9.17) is 14.6 Å². The Morgan fingerprint density at radius 3 is 2.42 bits per heavy atom. The van der Waals surface area contributed by atoms with Crippen LogP contribution in [0, 0.1) is 5.92 Å². The van der Waals surface area contributed by atoms with Crippen LogP contribution in [0.25, 0.3) is 0 Å². The van der Waals surface area contributed by atoms with Gasteiger partial charge >= 0.3 is 5.24 Å². The summed E-state index contributed by atoms with van der Waals surface area (Å²) in [5.74, 6) is 1.20. The van der Waals surface area contributed by atoms with Crippen LogP contribution in [0.2, 0.25) is 0 Å². The number of nitrogens with one attached hydrogen (secondary N) is 1. The predicted molar refractivity (Wildman–Crippen MR) is 133 cm³/mol. The SMILES string of the molecule is CCC1SC(=O)N(CCc2ccc(NC(=O)C(C)C)cc2)N=C1c1ccc(OC)c(OC)c1. The van der Waals surface area contributed by atoms with E-state index in [1.165, 1.54) is 16.8 Å². The van der Waals surface area contributed by atoms with Crippen LogP contribution < -0.4 is 14.8 Å². The van der Waals surface area contributed by atoms with Gasteiger partial charge in [-0.2, -0.15) is 5.10 Å². The molecule has 2 aromatic rings. The molecule has 0 radical (unpaired) electrons. The van der Waals surface area contributed by atoms with Gasteiger partial charge in [-0.1, -0.05) is 44.7 Å². The molecule has 2 amide bonds. The first kappa shape index (κ1) is 24.6. The van der Waals surface area contributed by atoms with Crippen LogP contribution in [0.15, 0.2) is 47.6 Å². The van der Waals surface area contributed by atoms with Gasteiger partial charge in [-0.3, -0.25) is 9.59 Å². The fraction of sp³-hybridized carbons (Fsp3) is 0.400. The lowest BCUT2D eigenvalue weighted by Crippen LogP contribution is -2.36. The van der Waals surface area contributed by atoms with Crippen molar-refractivity contribution in [1.29, 1.82) is 0 Å². The molecule has 1 N–H and O–H groups in total. The normalized spacial score (nSPS) is 15.9. The zero-order chi connectivity index (χ0) is 24.0. The summed E-state index contributed by atoms with van der Waals surface area (Å²) in [7, 11) is 3.21. The van der Waals surface area contributed by atoms with Crippen molar-refractivity contribution in [1.82, 2.24) is 5.01 Å². The van der Waals surface area contributed by atoms with Crippen molar-refractivity contribution in [3.8, 4) is 11.5 Å². The molecule has 1 unspecified atom stereocenters. The van der Waals surface area contributed by atoms with Crippen molar-refractivity contribution >= 4 is 34.3 Å². The minimum atomic E-state index is -0.0723. The van der Waals surface area contributed by atoms with Gasteiger partial charge in [0.1, 0.15) is 0 Å². The van der Waals surface area contributed by atoms with Crippen LogP contribution in [0.3, 0.4) is 0 Å². The third-order valence-corrected chi connectivity index (χ3v) is 6.65. The largest absolute Gasteiger partial charge is 0.493 e. The highest BCUT2D eigenvalue weighted by molar-refractivity contribution is 8.14. The topological polar surface area (TPSA) is 80.2 Å². The van der Waals surface area contributed by atoms with Gasteiger partial charge in [0.25, 0.3) is 0 Å². The summed E-state index contributed by atoms with van der Waals surface area (Å²) in [5, 5.41) is 9.09. The highest BCUT2D eigenvalue weighted by Crippen LogP contribution is 2.33. The summed E-state index contributed by atoms with van der Waals surface area (Å²) in [5.41, 5.74) is 3.60. The fourth-order valence-electron chi connectivity index (χ4n) is 3.41. The molecule has 0 saturated carbocycles. The number of carbonyl (C=O) groups excluding carboxylic acids is 2. The Morgan fingerprint density at radius 1 is 1.12 bits per heavy atom. The number of hydrazone groups is 1. The third kappa shape index (κ3) is 6.07. The molecule has 3 rings (SSSR count). The molecule has 1 atom stereocenters. The Hall–Kier alpha value is -3.00. The second kappa shape index (κ2) is 11.2. The maximum atomic E-state index is 12.7. The number of thioether (sulfide) groups is 1. The van der Waals surface area contributed by atoms with Crippen LogP contribution in [-0.2, 0) is 11.2 Å². The van der Waals surface area contributed by atoms with Crippen molar-refractivity contribution in [2.45, 2.75) is 38.9 Å². The maximum absolute atomic E-state index is 12.7. The number of hydrogen-bond acceptors (Lipinski definition) is 6. The number of anilines is 1. The molecular weight excluding hydrogens is 438 g/mol. The molecule has 0 aliphatic carbocycles. The predicted octanol–water partition coefficient (Wildman–Crippen LogP) is 5.19. The number of benzene rings is 2. The number of hydrogen-bond donors (Lipinski definition) is 1. The minimum Gasteiger partial charge on any atom is -0.493 e. The molecule has 1 heterocycles. The van der Waals surface area contributed by atoms with E-state index in [2.05, 4.69) is 12.2 Å². The van der Waals surface area contributed by atoms with Crippen LogP contribution in [0.1, 0.15) is 38.3 Å². The molecule has 0 aromatic heterocycles. The van der Waals surface area contributed by atoms with Crippen LogP contribution >= 0.6 is 11.8 Å². The van der Waals surface area contributed by atoms with Gasteiger partial charge in [-0.15, -0.1) is 0 Å². The lowest BCUT2D eigenvalue weighted by atomic mass is 10.0. The van der Waals surface area contributed by atoms with Crippen LogP contribution in [0.4, 0.5) is 10.5 Å². The number of amides is 2. The van der Waals surface area contributed by atoms with Gasteiger partial charge in [-0.05, 0) is 48.7 Å². The van der Waals surface area contributed by atoms with E-state index < -0.39 is 0 Å². The Balaban J connectivity index is 1.75. The lowest BCUT2D eigenvalue weighted by molar-refractivity contribution is -0.118.